The Balaban J connectivity index is 2.04. The van der Waals surface area contributed by atoms with Crippen LogP contribution in [0, 0.1) is 0 Å². The normalized spacial score (nSPS) is 21.4. The van der Waals surface area contributed by atoms with Crippen molar-refractivity contribution in [3.8, 4) is 0 Å². The molecule has 0 unspecified atom stereocenters. The van der Waals surface area contributed by atoms with Crippen molar-refractivity contribution in [2.24, 2.45) is 0 Å². The van der Waals surface area contributed by atoms with Crippen molar-refractivity contribution in [2.75, 3.05) is 11.5 Å². The Kier molecular flexibility index (Phi) is 6.45. The molecule has 0 aromatic heterocycles. The SMILES string of the molecule is CC(C)(C)OC(=O)N1C(=O)/C(=C\[C@H]2COC(C)(C)N2C(=O)OC(C)(C)C)c2cccc(Br)c21. The molecule has 1 aromatic rings. The van der Waals surface area contributed by atoms with Crippen molar-refractivity contribution < 1.29 is 28.6 Å². The second kappa shape index (κ2) is 8.43. The fraction of sp³-hybridized carbons (Fsp3) is 0.542. The predicted molar refractivity (Wildman–Crippen MR) is 128 cm³/mol. The topological polar surface area (TPSA) is 85.4 Å². The summed E-state index contributed by atoms with van der Waals surface area (Å²) < 4.78 is 17.5. The average molecular weight is 523 g/mol. The van der Waals surface area contributed by atoms with Gasteiger partial charge >= 0.3 is 12.2 Å². The zero-order valence-corrected chi connectivity index (χ0v) is 21.9. The number of halogens is 1. The lowest BCUT2D eigenvalue weighted by Gasteiger charge is -2.34. The number of carbonyl (C=O) groups excluding carboxylic acids is 3. The Bertz CT molecular complexity index is 1020. The summed E-state index contributed by atoms with van der Waals surface area (Å²) >= 11 is 3.45. The molecule has 0 spiro atoms. The van der Waals surface area contributed by atoms with Crippen LogP contribution in [0.2, 0.25) is 0 Å². The number of fused-ring (bicyclic) bond motifs is 1. The van der Waals surface area contributed by atoms with E-state index in [2.05, 4.69) is 15.9 Å². The Labute approximate surface area is 203 Å². The number of amides is 3. The molecule has 2 aliphatic heterocycles. The molecule has 0 N–H and O–H groups in total. The van der Waals surface area contributed by atoms with Gasteiger partial charge in [-0.2, -0.15) is 0 Å². The highest BCUT2D eigenvalue weighted by molar-refractivity contribution is 9.10. The molecule has 0 bridgehead atoms. The summed E-state index contributed by atoms with van der Waals surface area (Å²) in [6.45, 7) is 14.3. The number of imide groups is 1. The van der Waals surface area contributed by atoms with Crippen LogP contribution in [0.25, 0.3) is 5.57 Å². The fourth-order valence-corrected chi connectivity index (χ4v) is 4.30. The first kappa shape index (κ1) is 25.2. The number of hydrogen-bond donors (Lipinski definition) is 0. The van der Waals surface area contributed by atoms with E-state index in [0.29, 0.717) is 15.7 Å². The van der Waals surface area contributed by atoms with Gasteiger partial charge in [0, 0.05) is 15.6 Å². The van der Waals surface area contributed by atoms with E-state index in [4.69, 9.17) is 14.2 Å². The Morgan fingerprint density at radius 1 is 1.09 bits per heavy atom. The number of hydrogen-bond acceptors (Lipinski definition) is 6. The Morgan fingerprint density at radius 2 is 1.67 bits per heavy atom. The molecule has 0 aliphatic carbocycles. The summed E-state index contributed by atoms with van der Waals surface area (Å²) in [5, 5.41) is 0. The Morgan fingerprint density at radius 3 is 2.24 bits per heavy atom. The molecule has 0 saturated carbocycles. The van der Waals surface area contributed by atoms with Crippen LogP contribution in [0.4, 0.5) is 15.3 Å². The lowest BCUT2D eigenvalue weighted by atomic mass is 10.0. The van der Waals surface area contributed by atoms with Gasteiger partial charge in [-0.15, -0.1) is 0 Å². The van der Waals surface area contributed by atoms with Gasteiger partial charge in [0.2, 0.25) is 0 Å². The molecule has 3 rings (SSSR count). The minimum absolute atomic E-state index is 0.179. The molecule has 8 nitrogen and oxygen atoms in total. The first-order chi connectivity index (χ1) is 15.0. The maximum absolute atomic E-state index is 13.5. The van der Waals surface area contributed by atoms with Crippen molar-refractivity contribution in [1.29, 1.82) is 0 Å². The van der Waals surface area contributed by atoms with Gasteiger partial charge in [-0.3, -0.25) is 9.69 Å². The van der Waals surface area contributed by atoms with Crippen LogP contribution in [-0.2, 0) is 19.0 Å². The summed E-state index contributed by atoms with van der Waals surface area (Å²) in [4.78, 5) is 41.9. The van der Waals surface area contributed by atoms with E-state index < -0.39 is 41.1 Å². The zero-order valence-electron chi connectivity index (χ0n) is 20.3. The summed E-state index contributed by atoms with van der Waals surface area (Å²) in [6.07, 6.45) is 0.350. The van der Waals surface area contributed by atoms with E-state index in [-0.39, 0.29) is 12.2 Å². The van der Waals surface area contributed by atoms with Gasteiger partial charge in [0.05, 0.1) is 18.3 Å². The molecular formula is C24H31BrN2O6. The van der Waals surface area contributed by atoms with E-state index in [9.17, 15) is 14.4 Å². The molecule has 3 amide bonds. The molecule has 2 heterocycles. The number of rotatable bonds is 1. The third kappa shape index (κ3) is 5.24. The van der Waals surface area contributed by atoms with Crippen LogP contribution in [0.5, 0.6) is 0 Å². The molecular weight excluding hydrogens is 492 g/mol. The molecule has 180 valence electrons. The zero-order chi connectivity index (χ0) is 24.9. The van der Waals surface area contributed by atoms with E-state index in [1.165, 1.54) is 4.90 Å². The van der Waals surface area contributed by atoms with Crippen LogP contribution in [0.15, 0.2) is 28.7 Å². The smallest absolute Gasteiger partial charge is 0.422 e. The number of para-hydroxylation sites is 1. The largest absolute Gasteiger partial charge is 0.444 e. The number of ether oxygens (including phenoxy) is 3. The number of anilines is 1. The van der Waals surface area contributed by atoms with E-state index in [1.54, 1.807) is 79.7 Å². The van der Waals surface area contributed by atoms with E-state index in [1.807, 2.05) is 0 Å². The summed E-state index contributed by atoms with van der Waals surface area (Å²) in [5.41, 5.74) is -1.14. The van der Waals surface area contributed by atoms with Crippen LogP contribution in [0.3, 0.4) is 0 Å². The number of carbonyl (C=O) groups is 3. The highest BCUT2D eigenvalue weighted by Crippen LogP contribution is 2.43. The van der Waals surface area contributed by atoms with Crippen LogP contribution in [-0.4, -0.2) is 52.6 Å². The van der Waals surface area contributed by atoms with Gasteiger partial charge in [-0.05, 0) is 83.5 Å². The number of nitrogens with zero attached hydrogens (tertiary/aromatic N) is 2. The minimum Gasteiger partial charge on any atom is -0.444 e. The molecule has 2 aliphatic rings. The van der Waals surface area contributed by atoms with Gasteiger partial charge in [-0.1, -0.05) is 12.1 Å². The second-order valence-electron chi connectivity index (χ2n) is 10.5. The molecule has 1 aromatic carbocycles. The molecule has 0 radical (unpaired) electrons. The standard InChI is InChI=1S/C24H31BrN2O6/c1-22(2,3)32-20(29)26-18-15(10-9-11-17(18)25)16(19(26)28)12-14-13-31-24(7,8)27(14)21(30)33-23(4,5)6/h9-12,14H,13H2,1-8H3/b16-12-/t14-/m0/s1. The molecule has 9 heteroatoms. The molecule has 1 saturated heterocycles. The Hall–Kier alpha value is -2.39. The van der Waals surface area contributed by atoms with Gasteiger partial charge in [0.15, 0.2) is 0 Å². The average Bonchev–Trinajstić information content (AvgIpc) is 3.07. The minimum atomic E-state index is -0.934. The van der Waals surface area contributed by atoms with Crippen LogP contribution in [0.1, 0.15) is 61.0 Å². The van der Waals surface area contributed by atoms with Crippen molar-refractivity contribution in [1.82, 2.24) is 4.90 Å². The van der Waals surface area contributed by atoms with E-state index in [0.717, 1.165) is 4.90 Å². The molecule has 1 fully saturated rings. The van der Waals surface area contributed by atoms with Crippen molar-refractivity contribution >= 4 is 45.3 Å². The third-order valence-corrected chi connectivity index (χ3v) is 5.62. The lowest BCUT2D eigenvalue weighted by Crippen LogP contribution is -2.49. The maximum atomic E-state index is 13.5. The van der Waals surface area contributed by atoms with Crippen LogP contribution >= 0.6 is 15.9 Å². The van der Waals surface area contributed by atoms with Gasteiger partial charge in [0.25, 0.3) is 5.91 Å². The highest BCUT2D eigenvalue weighted by atomic mass is 79.9. The highest BCUT2D eigenvalue weighted by Gasteiger charge is 2.47. The van der Waals surface area contributed by atoms with Crippen molar-refractivity contribution in [3.63, 3.8) is 0 Å². The van der Waals surface area contributed by atoms with Gasteiger partial charge in [0.1, 0.15) is 16.9 Å². The first-order valence-corrected chi connectivity index (χ1v) is 11.6. The number of benzene rings is 1. The first-order valence-electron chi connectivity index (χ1n) is 10.8. The summed E-state index contributed by atoms with van der Waals surface area (Å²) in [5.74, 6) is -0.528. The van der Waals surface area contributed by atoms with Crippen LogP contribution < -0.4 is 4.90 Å². The molecule has 1 atom stereocenters. The second-order valence-corrected chi connectivity index (χ2v) is 11.4. The maximum Gasteiger partial charge on any atom is 0.422 e. The fourth-order valence-electron chi connectivity index (χ4n) is 3.75. The van der Waals surface area contributed by atoms with Crippen molar-refractivity contribution in [3.05, 3.63) is 34.3 Å². The molecule has 33 heavy (non-hydrogen) atoms. The van der Waals surface area contributed by atoms with Gasteiger partial charge in [-0.25, -0.2) is 14.5 Å². The van der Waals surface area contributed by atoms with Gasteiger partial charge < -0.3 is 14.2 Å². The third-order valence-electron chi connectivity index (χ3n) is 4.98. The van der Waals surface area contributed by atoms with Crippen molar-refractivity contribution in [2.45, 2.75) is 78.4 Å². The lowest BCUT2D eigenvalue weighted by molar-refractivity contribution is -0.112. The predicted octanol–water partition coefficient (Wildman–Crippen LogP) is 5.49. The quantitative estimate of drug-likeness (QED) is 0.453. The van der Waals surface area contributed by atoms with E-state index >= 15 is 0 Å². The summed E-state index contributed by atoms with van der Waals surface area (Å²) in [6, 6.07) is 4.72. The monoisotopic (exact) mass is 522 g/mol. The summed E-state index contributed by atoms with van der Waals surface area (Å²) in [7, 11) is 0.